The fraction of sp³-hybridized carbons (Fsp3) is 0.130. The van der Waals surface area contributed by atoms with Gasteiger partial charge in [0.25, 0.3) is 0 Å². The van der Waals surface area contributed by atoms with Crippen LogP contribution in [0.3, 0.4) is 0 Å². The summed E-state index contributed by atoms with van der Waals surface area (Å²) >= 11 is 12.6. The fourth-order valence-corrected chi connectivity index (χ4v) is 3.82. The van der Waals surface area contributed by atoms with E-state index >= 15 is 0 Å². The molecule has 0 spiro atoms. The van der Waals surface area contributed by atoms with Gasteiger partial charge in [-0.1, -0.05) is 89.9 Å². The summed E-state index contributed by atoms with van der Waals surface area (Å²) in [5.41, 5.74) is 2.50. The van der Waals surface area contributed by atoms with Crippen molar-refractivity contribution < 1.29 is 5.11 Å². The van der Waals surface area contributed by atoms with Gasteiger partial charge in [-0.2, -0.15) is 5.10 Å². The van der Waals surface area contributed by atoms with Crippen molar-refractivity contribution in [3.63, 3.8) is 0 Å². The largest absolute Gasteiger partial charge is 0.383 e. The van der Waals surface area contributed by atoms with E-state index in [2.05, 4.69) is 22.2 Å². The summed E-state index contributed by atoms with van der Waals surface area (Å²) in [6.07, 6.45) is 3.32. The Balaban J connectivity index is 1.71. The Morgan fingerprint density at radius 1 is 0.862 bits per heavy atom. The third-order valence-corrected chi connectivity index (χ3v) is 5.79. The van der Waals surface area contributed by atoms with Gasteiger partial charge < -0.3 is 5.11 Å². The van der Waals surface area contributed by atoms with Crippen molar-refractivity contribution >= 4 is 23.2 Å². The number of halogens is 2. The molecule has 6 heteroatoms. The zero-order valence-electron chi connectivity index (χ0n) is 15.5. The Morgan fingerprint density at radius 3 is 2.28 bits per heavy atom. The summed E-state index contributed by atoms with van der Waals surface area (Å²) in [6.45, 7) is 0.237. The molecule has 0 aliphatic carbocycles. The van der Waals surface area contributed by atoms with Gasteiger partial charge in [-0.3, -0.25) is 0 Å². The number of aromatic nitrogens is 3. The molecule has 4 nitrogen and oxygen atoms in total. The summed E-state index contributed by atoms with van der Waals surface area (Å²) in [5.74, 6) is 0. The molecule has 0 aliphatic heterocycles. The van der Waals surface area contributed by atoms with Crippen LogP contribution in [0, 0.1) is 0 Å². The number of hydrogen-bond acceptors (Lipinski definition) is 3. The second-order valence-corrected chi connectivity index (χ2v) is 7.74. The van der Waals surface area contributed by atoms with Crippen molar-refractivity contribution in [3.8, 4) is 11.1 Å². The lowest BCUT2D eigenvalue weighted by molar-refractivity contribution is 0.0151. The normalized spacial score (nSPS) is 13.2. The molecule has 0 radical (unpaired) electrons. The molecule has 1 atom stereocenters. The van der Waals surface area contributed by atoms with Crippen LogP contribution < -0.4 is 0 Å². The molecule has 146 valence electrons. The molecule has 0 fully saturated rings. The zero-order valence-corrected chi connectivity index (χ0v) is 17.1. The molecule has 1 heterocycles. The smallest absolute Gasteiger partial charge is 0.137 e. The molecule has 4 rings (SSSR count). The minimum absolute atomic E-state index is 0.237. The lowest BCUT2D eigenvalue weighted by atomic mass is 9.86. The van der Waals surface area contributed by atoms with E-state index in [9.17, 15) is 5.11 Å². The van der Waals surface area contributed by atoms with Crippen molar-refractivity contribution in [2.75, 3.05) is 0 Å². The summed E-state index contributed by atoms with van der Waals surface area (Å²) in [5, 5.41) is 16.8. The quantitative estimate of drug-likeness (QED) is 0.452. The van der Waals surface area contributed by atoms with Crippen molar-refractivity contribution in [2.45, 2.75) is 18.6 Å². The molecular formula is C23H19Cl2N3O. The fourth-order valence-electron chi connectivity index (χ4n) is 3.44. The zero-order chi connectivity index (χ0) is 20.3. The van der Waals surface area contributed by atoms with Gasteiger partial charge >= 0.3 is 0 Å². The molecule has 1 N–H and O–H groups in total. The Bertz CT molecular complexity index is 1080. The van der Waals surface area contributed by atoms with E-state index in [1.165, 1.54) is 6.33 Å². The van der Waals surface area contributed by atoms with E-state index < -0.39 is 5.60 Å². The first-order valence-corrected chi connectivity index (χ1v) is 9.94. The molecular weight excluding hydrogens is 405 g/mol. The topological polar surface area (TPSA) is 50.9 Å². The standard InChI is InChI=1S/C23H19Cl2N3O/c24-21-8-4-7-19(22(21)25)13-23(29,14-28-16-26-15-27-28)20-11-9-18(10-12-20)17-5-2-1-3-6-17/h1-12,15-16,29H,13-14H2. The molecule has 0 bridgehead atoms. The number of benzene rings is 3. The van der Waals surface area contributed by atoms with Crippen molar-refractivity contribution in [1.82, 2.24) is 14.8 Å². The maximum atomic E-state index is 11.7. The maximum Gasteiger partial charge on any atom is 0.137 e. The average Bonchev–Trinajstić information content (AvgIpc) is 3.25. The van der Waals surface area contributed by atoms with E-state index in [0.29, 0.717) is 10.0 Å². The third kappa shape index (κ3) is 4.35. The molecule has 4 aromatic rings. The van der Waals surface area contributed by atoms with E-state index in [1.807, 2.05) is 54.6 Å². The monoisotopic (exact) mass is 423 g/mol. The highest BCUT2D eigenvalue weighted by molar-refractivity contribution is 6.42. The maximum absolute atomic E-state index is 11.7. The summed E-state index contributed by atoms with van der Waals surface area (Å²) < 4.78 is 1.61. The van der Waals surface area contributed by atoms with E-state index in [1.54, 1.807) is 17.1 Å². The number of aliphatic hydroxyl groups is 1. The van der Waals surface area contributed by atoms with Crippen molar-refractivity contribution in [1.29, 1.82) is 0 Å². The Labute approximate surface area is 179 Å². The van der Waals surface area contributed by atoms with Gasteiger partial charge in [-0.05, 0) is 28.3 Å². The lowest BCUT2D eigenvalue weighted by Gasteiger charge is -2.29. The van der Waals surface area contributed by atoms with Gasteiger partial charge in [0.2, 0.25) is 0 Å². The van der Waals surface area contributed by atoms with Gasteiger partial charge in [-0.15, -0.1) is 0 Å². The van der Waals surface area contributed by atoms with Crippen LogP contribution in [0.15, 0.2) is 85.5 Å². The molecule has 0 aliphatic rings. The Hall–Kier alpha value is -2.66. The Morgan fingerprint density at radius 2 is 1.59 bits per heavy atom. The molecule has 0 saturated heterocycles. The highest BCUT2D eigenvalue weighted by atomic mass is 35.5. The Kier molecular flexibility index (Phi) is 5.67. The summed E-state index contributed by atoms with van der Waals surface area (Å²) in [6, 6.07) is 23.5. The summed E-state index contributed by atoms with van der Waals surface area (Å²) in [7, 11) is 0. The van der Waals surface area contributed by atoms with Gasteiger partial charge in [0.05, 0.1) is 16.6 Å². The highest BCUT2D eigenvalue weighted by Gasteiger charge is 2.32. The molecule has 1 aromatic heterocycles. The van der Waals surface area contributed by atoms with Crippen LogP contribution in [0.5, 0.6) is 0 Å². The predicted octanol–water partition coefficient (Wildman–Crippen LogP) is 5.38. The van der Waals surface area contributed by atoms with E-state index in [0.717, 1.165) is 22.3 Å². The van der Waals surface area contributed by atoms with Gasteiger partial charge in [0.1, 0.15) is 18.3 Å². The van der Waals surface area contributed by atoms with Crippen LogP contribution in [0.4, 0.5) is 0 Å². The van der Waals surface area contributed by atoms with E-state index in [-0.39, 0.29) is 13.0 Å². The second kappa shape index (κ2) is 8.37. The number of rotatable bonds is 6. The predicted molar refractivity (Wildman–Crippen MR) is 116 cm³/mol. The second-order valence-electron chi connectivity index (χ2n) is 6.96. The minimum atomic E-state index is -1.24. The van der Waals surface area contributed by atoms with Gasteiger partial charge in [-0.25, -0.2) is 9.67 Å². The average molecular weight is 424 g/mol. The van der Waals surface area contributed by atoms with Crippen LogP contribution in [-0.2, 0) is 18.6 Å². The third-order valence-electron chi connectivity index (χ3n) is 4.93. The molecule has 0 amide bonds. The van der Waals surface area contributed by atoms with E-state index in [4.69, 9.17) is 23.2 Å². The van der Waals surface area contributed by atoms with Gasteiger partial charge in [0, 0.05) is 6.42 Å². The molecule has 0 saturated carbocycles. The number of hydrogen-bond donors (Lipinski definition) is 1. The van der Waals surface area contributed by atoms with Gasteiger partial charge in [0.15, 0.2) is 0 Å². The SMILES string of the molecule is OC(Cc1cccc(Cl)c1Cl)(Cn1cncn1)c1ccc(-c2ccccc2)cc1. The van der Waals surface area contributed by atoms with Crippen molar-refractivity contribution in [3.05, 3.63) is 107 Å². The molecule has 29 heavy (non-hydrogen) atoms. The first-order valence-electron chi connectivity index (χ1n) is 9.19. The minimum Gasteiger partial charge on any atom is -0.383 e. The number of nitrogens with zero attached hydrogens (tertiary/aromatic N) is 3. The molecule has 1 unspecified atom stereocenters. The highest BCUT2D eigenvalue weighted by Crippen LogP contribution is 2.34. The lowest BCUT2D eigenvalue weighted by Crippen LogP contribution is -2.34. The summed E-state index contributed by atoms with van der Waals surface area (Å²) in [4.78, 5) is 3.99. The van der Waals surface area contributed by atoms with Crippen LogP contribution in [0.2, 0.25) is 10.0 Å². The van der Waals surface area contributed by atoms with Crippen LogP contribution in [0.1, 0.15) is 11.1 Å². The van der Waals surface area contributed by atoms with Crippen molar-refractivity contribution in [2.24, 2.45) is 0 Å². The van der Waals surface area contributed by atoms with Crippen LogP contribution in [0.25, 0.3) is 11.1 Å². The molecule has 3 aromatic carbocycles. The first-order chi connectivity index (χ1) is 14.0. The van der Waals surface area contributed by atoms with Crippen LogP contribution >= 0.6 is 23.2 Å². The first kappa shape index (κ1) is 19.6. The van der Waals surface area contributed by atoms with Crippen LogP contribution in [-0.4, -0.2) is 19.9 Å².